The minimum absolute atomic E-state index is 0.304. The lowest BCUT2D eigenvalue weighted by molar-refractivity contribution is 0.429. The summed E-state index contributed by atoms with van der Waals surface area (Å²) in [6, 6.07) is 2.56. The number of nitrogen functional groups attached to an aromatic ring is 1. The Bertz CT molecular complexity index is 537. The van der Waals surface area contributed by atoms with E-state index in [1.165, 1.54) is 19.3 Å². The van der Waals surface area contributed by atoms with E-state index in [4.69, 9.17) is 10.8 Å². The van der Waals surface area contributed by atoms with E-state index in [9.17, 15) is 5.26 Å². The van der Waals surface area contributed by atoms with E-state index in [2.05, 4.69) is 24.8 Å². The van der Waals surface area contributed by atoms with Gasteiger partial charge in [-0.15, -0.1) is 0 Å². The van der Waals surface area contributed by atoms with Crippen LogP contribution in [-0.4, -0.2) is 22.9 Å². The van der Waals surface area contributed by atoms with Gasteiger partial charge in [0.15, 0.2) is 5.82 Å². The third-order valence-corrected chi connectivity index (χ3v) is 4.69. The molecule has 20 heavy (non-hydrogen) atoms. The summed E-state index contributed by atoms with van der Waals surface area (Å²) in [6.07, 6.45) is 4.92. The summed E-state index contributed by atoms with van der Waals surface area (Å²) in [5.74, 6) is 2.67. The molecule has 5 heteroatoms. The molecule has 2 unspecified atom stereocenters. The van der Waals surface area contributed by atoms with Crippen LogP contribution in [0.25, 0.3) is 0 Å². The Morgan fingerprint density at radius 3 is 2.75 bits per heavy atom. The van der Waals surface area contributed by atoms with Crippen molar-refractivity contribution >= 4 is 11.6 Å². The van der Waals surface area contributed by atoms with E-state index in [-0.39, 0.29) is 0 Å². The van der Waals surface area contributed by atoms with Gasteiger partial charge >= 0.3 is 0 Å². The fraction of sp³-hybridized carbons (Fsp3) is 0.733. The molecule has 0 amide bonds. The topological polar surface area (TPSA) is 70.9 Å². The normalized spacial score (nSPS) is 24.4. The van der Waals surface area contributed by atoms with Crippen molar-refractivity contribution in [2.45, 2.75) is 45.6 Å². The number of piperidine rings is 1. The zero-order chi connectivity index (χ0) is 14.3. The van der Waals surface area contributed by atoms with Crippen LogP contribution in [0.4, 0.5) is 11.6 Å². The average molecular weight is 273 g/mol. The number of nitrogens with two attached hydrogens (primary N) is 1. The van der Waals surface area contributed by atoms with E-state index >= 15 is 0 Å². The highest BCUT2D eigenvalue weighted by Crippen LogP contribution is 2.41. The molecule has 2 heterocycles. The first-order chi connectivity index (χ1) is 9.61. The summed E-state index contributed by atoms with van der Waals surface area (Å²) in [4.78, 5) is 2.24. The number of anilines is 2. The van der Waals surface area contributed by atoms with Crippen LogP contribution in [-0.2, 0) is 0 Å². The van der Waals surface area contributed by atoms with Crippen LogP contribution in [0.5, 0.6) is 0 Å². The Labute approximate surface area is 120 Å². The van der Waals surface area contributed by atoms with Crippen molar-refractivity contribution in [1.29, 1.82) is 5.26 Å². The molecule has 108 valence electrons. The van der Waals surface area contributed by atoms with Gasteiger partial charge in [-0.05, 0) is 44.4 Å². The summed E-state index contributed by atoms with van der Waals surface area (Å²) in [7, 11) is 0. The summed E-state index contributed by atoms with van der Waals surface area (Å²) < 4.78 is 1.88. The Balaban J connectivity index is 1.93. The Morgan fingerprint density at radius 2 is 2.15 bits per heavy atom. The zero-order valence-corrected chi connectivity index (χ0v) is 12.3. The Kier molecular flexibility index (Phi) is 3.33. The molecule has 1 aliphatic carbocycles. The number of hydrogen-bond donors (Lipinski definition) is 1. The van der Waals surface area contributed by atoms with Crippen molar-refractivity contribution in [3.8, 4) is 6.07 Å². The average Bonchev–Trinajstić information content (AvgIpc) is 3.22. The molecule has 1 aliphatic heterocycles. The van der Waals surface area contributed by atoms with Crippen LogP contribution < -0.4 is 10.6 Å². The monoisotopic (exact) mass is 273 g/mol. The van der Waals surface area contributed by atoms with Crippen LogP contribution >= 0.6 is 0 Å². The molecule has 2 aliphatic rings. The summed E-state index contributed by atoms with van der Waals surface area (Å²) in [5.41, 5.74) is 6.74. The first-order valence-electron chi connectivity index (χ1n) is 7.64. The largest absolute Gasteiger partial charge is 0.383 e. The molecule has 2 fully saturated rings. The van der Waals surface area contributed by atoms with Gasteiger partial charge in [0, 0.05) is 13.1 Å². The fourth-order valence-electron chi connectivity index (χ4n) is 3.23. The predicted octanol–water partition coefficient (Wildman–Crippen LogP) is 2.54. The SMILES string of the molecule is CC1CCCN(c2nn(C(C)C3CC3)c(N)c2C#N)C1. The minimum atomic E-state index is 0.304. The Morgan fingerprint density at radius 1 is 1.40 bits per heavy atom. The molecule has 2 N–H and O–H groups in total. The van der Waals surface area contributed by atoms with Gasteiger partial charge in [-0.25, -0.2) is 4.68 Å². The van der Waals surface area contributed by atoms with Crippen molar-refractivity contribution in [3.05, 3.63) is 5.56 Å². The van der Waals surface area contributed by atoms with E-state index in [0.29, 0.717) is 29.3 Å². The third-order valence-electron chi connectivity index (χ3n) is 4.69. The summed E-state index contributed by atoms with van der Waals surface area (Å²) in [6.45, 7) is 6.37. The van der Waals surface area contributed by atoms with Gasteiger partial charge in [0.2, 0.25) is 0 Å². The number of nitriles is 1. The number of nitrogens with zero attached hydrogens (tertiary/aromatic N) is 4. The van der Waals surface area contributed by atoms with Crippen LogP contribution in [0.1, 0.15) is 51.1 Å². The lowest BCUT2D eigenvalue weighted by Crippen LogP contribution is -2.35. The smallest absolute Gasteiger partial charge is 0.170 e. The summed E-state index contributed by atoms with van der Waals surface area (Å²) >= 11 is 0. The highest BCUT2D eigenvalue weighted by molar-refractivity contribution is 5.65. The van der Waals surface area contributed by atoms with Gasteiger partial charge in [-0.2, -0.15) is 10.4 Å². The predicted molar refractivity (Wildman–Crippen MR) is 79.4 cm³/mol. The molecule has 2 atom stereocenters. The van der Waals surface area contributed by atoms with Crippen molar-refractivity contribution in [3.63, 3.8) is 0 Å². The van der Waals surface area contributed by atoms with Crippen LogP contribution in [0, 0.1) is 23.2 Å². The van der Waals surface area contributed by atoms with Gasteiger partial charge in [0.05, 0.1) is 6.04 Å². The number of aromatic nitrogens is 2. The lowest BCUT2D eigenvalue weighted by atomic mass is 10.0. The first-order valence-corrected chi connectivity index (χ1v) is 7.64. The van der Waals surface area contributed by atoms with Gasteiger partial charge < -0.3 is 10.6 Å². The molecule has 0 aromatic carbocycles. The molecule has 1 saturated carbocycles. The Hall–Kier alpha value is -1.70. The van der Waals surface area contributed by atoms with E-state index in [1.54, 1.807) is 0 Å². The quantitative estimate of drug-likeness (QED) is 0.918. The zero-order valence-electron chi connectivity index (χ0n) is 12.3. The molecular weight excluding hydrogens is 250 g/mol. The highest BCUT2D eigenvalue weighted by atomic mass is 15.4. The van der Waals surface area contributed by atoms with Crippen molar-refractivity contribution in [1.82, 2.24) is 9.78 Å². The molecule has 0 radical (unpaired) electrons. The standard InChI is InChI=1S/C15H23N5/c1-10-4-3-7-19(9-10)15-13(8-16)14(17)20(18-15)11(2)12-5-6-12/h10-12H,3-7,9,17H2,1-2H3. The van der Waals surface area contributed by atoms with Gasteiger partial charge in [0.1, 0.15) is 17.5 Å². The molecule has 0 spiro atoms. The first kappa shape index (κ1) is 13.3. The fourth-order valence-corrected chi connectivity index (χ4v) is 3.23. The highest BCUT2D eigenvalue weighted by Gasteiger charge is 2.33. The van der Waals surface area contributed by atoms with Gasteiger partial charge in [-0.3, -0.25) is 0 Å². The van der Waals surface area contributed by atoms with Crippen molar-refractivity contribution in [2.75, 3.05) is 23.7 Å². The van der Waals surface area contributed by atoms with E-state index < -0.39 is 0 Å². The van der Waals surface area contributed by atoms with E-state index in [0.717, 1.165) is 25.3 Å². The van der Waals surface area contributed by atoms with Crippen molar-refractivity contribution < 1.29 is 0 Å². The van der Waals surface area contributed by atoms with Crippen molar-refractivity contribution in [2.24, 2.45) is 11.8 Å². The minimum Gasteiger partial charge on any atom is -0.383 e. The summed E-state index contributed by atoms with van der Waals surface area (Å²) in [5, 5.41) is 14.1. The molecule has 0 bridgehead atoms. The molecule has 5 nitrogen and oxygen atoms in total. The molecule has 1 aromatic rings. The second-order valence-corrected chi connectivity index (χ2v) is 6.41. The van der Waals surface area contributed by atoms with Crippen LogP contribution in [0.3, 0.4) is 0 Å². The van der Waals surface area contributed by atoms with Crippen LogP contribution in [0.15, 0.2) is 0 Å². The second-order valence-electron chi connectivity index (χ2n) is 6.41. The maximum Gasteiger partial charge on any atom is 0.170 e. The maximum absolute atomic E-state index is 9.44. The molecule has 3 rings (SSSR count). The second kappa shape index (κ2) is 5.01. The maximum atomic E-state index is 9.44. The molecular formula is C15H23N5. The van der Waals surface area contributed by atoms with Gasteiger partial charge in [0.25, 0.3) is 0 Å². The number of rotatable bonds is 3. The van der Waals surface area contributed by atoms with Gasteiger partial charge in [-0.1, -0.05) is 6.92 Å². The van der Waals surface area contributed by atoms with E-state index in [1.807, 2.05) is 4.68 Å². The third kappa shape index (κ3) is 2.24. The lowest BCUT2D eigenvalue weighted by Gasteiger charge is -2.31. The molecule has 1 aromatic heterocycles. The molecule has 1 saturated heterocycles. The van der Waals surface area contributed by atoms with Crippen LogP contribution in [0.2, 0.25) is 0 Å². The number of hydrogen-bond acceptors (Lipinski definition) is 4.